The fourth-order valence-electron chi connectivity index (χ4n) is 4.18. The van der Waals surface area contributed by atoms with E-state index >= 15 is 0 Å². The summed E-state index contributed by atoms with van der Waals surface area (Å²) in [7, 11) is 0. The molecule has 1 aromatic heterocycles. The van der Waals surface area contributed by atoms with Crippen LogP contribution >= 0.6 is 0 Å². The van der Waals surface area contributed by atoms with Crippen LogP contribution in [0, 0.1) is 11.8 Å². The number of fused-ring (bicyclic) bond motifs is 2. The Hall–Kier alpha value is -1.36. The second-order valence-corrected chi connectivity index (χ2v) is 6.66. The monoisotopic (exact) mass is 273 g/mol. The van der Waals surface area contributed by atoms with Crippen molar-refractivity contribution in [2.45, 2.75) is 44.2 Å². The molecule has 3 unspecified atom stereocenters. The molecular weight excluding hydrogens is 250 g/mol. The molecule has 2 bridgehead atoms. The predicted octanol–water partition coefficient (Wildman–Crippen LogP) is 1.61. The molecule has 2 heterocycles. The smallest absolute Gasteiger partial charge is 0.224 e. The summed E-state index contributed by atoms with van der Waals surface area (Å²) in [4.78, 5) is 11.3. The van der Waals surface area contributed by atoms with Gasteiger partial charge in [0.15, 0.2) is 0 Å². The van der Waals surface area contributed by atoms with Gasteiger partial charge < -0.3 is 16.0 Å². The summed E-state index contributed by atoms with van der Waals surface area (Å²) in [5.74, 6) is 3.59. The molecule has 0 radical (unpaired) electrons. The third-order valence-corrected chi connectivity index (χ3v) is 5.24. The summed E-state index contributed by atoms with van der Waals surface area (Å²) in [6.07, 6.45) is 8.42. The van der Waals surface area contributed by atoms with E-state index in [1.54, 1.807) is 0 Å². The Kier molecular flexibility index (Phi) is 3.02. The molecule has 0 amide bonds. The van der Waals surface area contributed by atoms with E-state index in [2.05, 4.69) is 20.2 Å². The van der Waals surface area contributed by atoms with Crippen LogP contribution in [0.4, 0.5) is 11.8 Å². The number of nitrogens with zero attached hydrogens (tertiary/aromatic N) is 3. The molecule has 5 heteroatoms. The molecular formula is C15H23N5. The van der Waals surface area contributed by atoms with Crippen LogP contribution in [0.3, 0.4) is 0 Å². The van der Waals surface area contributed by atoms with Gasteiger partial charge in [-0.05, 0) is 43.6 Å². The molecule has 3 fully saturated rings. The van der Waals surface area contributed by atoms with Gasteiger partial charge in [0.1, 0.15) is 5.82 Å². The lowest BCUT2D eigenvalue weighted by atomic mass is 9.95. The van der Waals surface area contributed by atoms with Crippen molar-refractivity contribution in [2.75, 3.05) is 23.3 Å². The average Bonchev–Trinajstić information content (AvgIpc) is 3.15. The van der Waals surface area contributed by atoms with E-state index in [9.17, 15) is 0 Å². The highest BCUT2D eigenvalue weighted by Gasteiger charge is 2.39. The molecule has 1 aromatic rings. The highest BCUT2D eigenvalue weighted by Crippen LogP contribution is 2.45. The fraction of sp³-hybridized carbons (Fsp3) is 0.733. The minimum Gasteiger partial charge on any atom is -0.355 e. The number of anilines is 2. The van der Waals surface area contributed by atoms with E-state index in [4.69, 9.17) is 5.73 Å². The van der Waals surface area contributed by atoms with Crippen molar-refractivity contribution in [3.05, 3.63) is 12.3 Å². The number of hydrogen-bond donors (Lipinski definition) is 2. The second kappa shape index (κ2) is 4.88. The Morgan fingerprint density at radius 1 is 1.25 bits per heavy atom. The van der Waals surface area contributed by atoms with Crippen LogP contribution < -0.4 is 16.0 Å². The standard InChI is InChI=1S/C15H23N5/c16-12-4-6-20(9-12)14-3-5-17-15(19-14)18-13-8-10-1-2-11(13)7-10/h3,5,10-13H,1-2,4,6-9,16H2,(H,17,18,19)/t10?,11?,12-,13?/m0/s1. The highest BCUT2D eigenvalue weighted by molar-refractivity contribution is 5.44. The molecule has 2 saturated carbocycles. The van der Waals surface area contributed by atoms with Crippen molar-refractivity contribution in [3.63, 3.8) is 0 Å². The molecule has 1 saturated heterocycles. The first-order chi connectivity index (χ1) is 9.78. The van der Waals surface area contributed by atoms with Crippen molar-refractivity contribution in [3.8, 4) is 0 Å². The fourth-order valence-corrected chi connectivity index (χ4v) is 4.18. The van der Waals surface area contributed by atoms with Crippen LogP contribution in [0.15, 0.2) is 12.3 Å². The maximum absolute atomic E-state index is 5.97. The molecule has 5 nitrogen and oxygen atoms in total. The Labute approximate surface area is 120 Å². The minimum absolute atomic E-state index is 0.284. The third kappa shape index (κ3) is 2.24. The van der Waals surface area contributed by atoms with Crippen molar-refractivity contribution in [1.82, 2.24) is 9.97 Å². The molecule has 2 aliphatic carbocycles. The molecule has 0 aromatic carbocycles. The van der Waals surface area contributed by atoms with E-state index < -0.39 is 0 Å². The van der Waals surface area contributed by atoms with E-state index in [-0.39, 0.29) is 6.04 Å². The van der Waals surface area contributed by atoms with Gasteiger partial charge in [0.05, 0.1) is 0 Å². The van der Waals surface area contributed by atoms with Crippen molar-refractivity contribution in [2.24, 2.45) is 17.6 Å². The first-order valence-electron chi connectivity index (χ1n) is 7.88. The van der Waals surface area contributed by atoms with Crippen LogP contribution in [0.2, 0.25) is 0 Å². The van der Waals surface area contributed by atoms with Crippen LogP contribution in [-0.2, 0) is 0 Å². The van der Waals surface area contributed by atoms with Crippen LogP contribution in [0.25, 0.3) is 0 Å². The first kappa shape index (κ1) is 12.4. The SMILES string of the molecule is N[C@H]1CCN(c2ccnc(NC3CC4CCC3C4)n2)C1. The Morgan fingerprint density at radius 3 is 2.90 bits per heavy atom. The number of rotatable bonds is 3. The summed E-state index contributed by atoms with van der Waals surface area (Å²) < 4.78 is 0. The molecule has 3 aliphatic rings. The first-order valence-corrected chi connectivity index (χ1v) is 7.88. The quantitative estimate of drug-likeness (QED) is 0.876. The number of hydrogen-bond acceptors (Lipinski definition) is 5. The minimum atomic E-state index is 0.284. The topological polar surface area (TPSA) is 67.1 Å². The molecule has 20 heavy (non-hydrogen) atoms. The molecule has 4 rings (SSSR count). The normalized spacial score (nSPS) is 35.8. The Morgan fingerprint density at radius 2 is 2.20 bits per heavy atom. The predicted molar refractivity (Wildman–Crippen MR) is 79.7 cm³/mol. The lowest BCUT2D eigenvalue weighted by Gasteiger charge is -2.23. The van der Waals surface area contributed by atoms with Gasteiger partial charge in [0.25, 0.3) is 0 Å². The maximum atomic E-state index is 5.97. The molecule has 108 valence electrons. The van der Waals surface area contributed by atoms with Crippen LogP contribution in [0.5, 0.6) is 0 Å². The van der Waals surface area contributed by atoms with Crippen LogP contribution in [0.1, 0.15) is 32.1 Å². The largest absolute Gasteiger partial charge is 0.355 e. The Bertz CT molecular complexity index is 491. The van der Waals surface area contributed by atoms with Gasteiger partial charge >= 0.3 is 0 Å². The van der Waals surface area contributed by atoms with E-state index in [0.717, 1.165) is 43.1 Å². The summed E-state index contributed by atoms with van der Waals surface area (Å²) in [6.45, 7) is 1.91. The van der Waals surface area contributed by atoms with E-state index in [1.165, 1.54) is 25.7 Å². The van der Waals surface area contributed by atoms with Gasteiger partial charge in [-0.25, -0.2) is 4.98 Å². The van der Waals surface area contributed by atoms with Gasteiger partial charge in [0, 0.05) is 31.4 Å². The lowest BCUT2D eigenvalue weighted by Crippen LogP contribution is -2.29. The zero-order valence-electron chi connectivity index (χ0n) is 11.8. The lowest BCUT2D eigenvalue weighted by molar-refractivity contribution is 0.438. The van der Waals surface area contributed by atoms with Gasteiger partial charge in [-0.15, -0.1) is 0 Å². The summed E-state index contributed by atoms with van der Waals surface area (Å²) in [5, 5.41) is 3.57. The van der Waals surface area contributed by atoms with E-state index in [0.29, 0.717) is 6.04 Å². The summed E-state index contributed by atoms with van der Waals surface area (Å²) in [6, 6.07) is 2.86. The number of aromatic nitrogens is 2. The summed E-state index contributed by atoms with van der Waals surface area (Å²) in [5.41, 5.74) is 5.97. The Balaban J connectivity index is 1.46. The van der Waals surface area contributed by atoms with Gasteiger partial charge in [-0.3, -0.25) is 0 Å². The third-order valence-electron chi connectivity index (χ3n) is 5.24. The van der Waals surface area contributed by atoms with Crippen LogP contribution in [-0.4, -0.2) is 35.1 Å². The van der Waals surface area contributed by atoms with Gasteiger partial charge in [-0.1, -0.05) is 6.42 Å². The number of nitrogens with two attached hydrogens (primary N) is 1. The second-order valence-electron chi connectivity index (χ2n) is 6.66. The van der Waals surface area contributed by atoms with Crippen molar-refractivity contribution >= 4 is 11.8 Å². The maximum Gasteiger partial charge on any atom is 0.224 e. The molecule has 0 spiro atoms. The average molecular weight is 273 g/mol. The molecule has 4 atom stereocenters. The summed E-state index contributed by atoms with van der Waals surface area (Å²) >= 11 is 0. The van der Waals surface area contributed by atoms with Crippen molar-refractivity contribution in [1.29, 1.82) is 0 Å². The van der Waals surface area contributed by atoms with Gasteiger partial charge in [0.2, 0.25) is 5.95 Å². The zero-order chi connectivity index (χ0) is 13.5. The molecule has 1 aliphatic heterocycles. The van der Waals surface area contributed by atoms with Gasteiger partial charge in [-0.2, -0.15) is 4.98 Å². The zero-order valence-corrected chi connectivity index (χ0v) is 11.8. The highest BCUT2D eigenvalue weighted by atomic mass is 15.3. The number of nitrogens with one attached hydrogen (secondary N) is 1. The molecule has 3 N–H and O–H groups in total. The van der Waals surface area contributed by atoms with E-state index in [1.807, 2.05) is 12.3 Å². The van der Waals surface area contributed by atoms with Crippen molar-refractivity contribution < 1.29 is 0 Å².